The Morgan fingerprint density at radius 3 is 2.45 bits per heavy atom. The number of ether oxygens (including phenoxy) is 2. The lowest BCUT2D eigenvalue weighted by Crippen LogP contribution is -2.41. The molecule has 2 N–H and O–H groups in total. The standard InChI is InChI=1S/C34H36N2O4S2/c1-4-20-14-23-28-12-18-5-6-29(37)32(39-2)24(18)16-36(28)17-26(34(23)42-20)22-11-19-13-27-21-8-10-41-30(21)7-9-35(27)15-25(19)33(40-3)31(22)38/h5-6,8,10-11,14,26-28,37-38H,4,7,9,12-13,15-17H2,1-3H3. The molecule has 3 unspecified atom stereocenters. The van der Waals surface area contributed by atoms with E-state index in [1.165, 1.54) is 36.9 Å². The van der Waals surface area contributed by atoms with Gasteiger partial charge in [-0.25, -0.2) is 0 Å². The molecule has 42 heavy (non-hydrogen) atoms. The molecule has 3 atom stereocenters. The lowest BCUT2D eigenvalue weighted by molar-refractivity contribution is 0.148. The number of phenols is 2. The molecule has 8 rings (SSSR count). The molecule has 4 aliphatic heterocycles. The van der Waals surface area contributed by atoms with Crippen molar-refractivity contribution in [3.05, 3.63) is 89.3 Å². The van der Waals surface area contributed by atoms with Gasteiger partial charge in [-0.05, 0) is 71.5 Å². The molecule has 0 bridgehead atoms. The molecule has 6 heterocycles. The molecule has 8 heteroatoms. The van der Waals surface area contributed by atoms with E-state index in [1.807, 2.05) is 22.7 Å². The maximum absolute atomic E-state index is 11.9. The van der Waals surface area contributed by atoms with E-state index in [0.717, 1.165) is 62.0 Å². The van der Waals surface area contributed by atoms with Crippen molar-refractivity contribution in [3.8, 4) is 23.0 Å². The molecule has 0 saturated heterocycles. The molecule has 0 fully saturated rings. The second-order valence-corrected chi connectivity index (χ2v) is 14.2. The van der Waals surface area contributed by atoms with Crippen LogP contribution >= 0.6 is 22.7 Å². The molecule has 2 aromatic heterocycles. The summed E-state index contributed by atoms with van der Waals surface area (Å²) in [4.78, 5) is 9.35. The van der Waals surface area contributed by atoms with E-state index in [0.29, 0.717) is 24.1 Å². The molecule has 218 valence electrons. The van der Waals surface area contributed by atoms with E-state index in [-0.39, 0.29) is 23.5 Å². The number of fused-ring (bicyclic) bond motifs is 8. The highest BCUT2D eigenvalue weighted by molar-refractivity contribution is 7.12. The maximum Gasteiger partial charge on any atom is 0.165 e. The van der Waals surface area contributed by atoms with Gasteiger partial charge in [-0.3, -0.25) is 9.80 Å². The summed E-state index contributed by atoms with van der Waals surface area (Å²) in [5, 5.41) is 24.6. The fraction of sp³-hybridized carbons (Fsp3) is 0.412. The third-order valence-corrected chi connectivity index (χ3v) is 12.5. The van der Waals surface area contributed by atoms with Gasteiger partial charge in [0.15, 0.2) is 23.0 Å². The average molecular weight is 601 g/mol. The van der Waals surface area contributed by atoms with Crippen LogP contribution in [0.1, 0.15) is 78.5 Å². The first-order valence-corrected chi connectivity index (χ1v) is 16.6. The number of aromatic hydroxyl groups is 2. The van der Waals surface area contributed by atoms with Crippen LogP contribution in [-0.4, -0.2) is 47.3 Å². The van der Waals surface area contributed by atoms with Crippen LogP contribution < -0.4 is 9.47 Å². The van der Waals surface area contributed by atoms with Gasteiger partial charge in [0.25, 0.3) is 0 Å². The van der Waals surface area contributed by atoms with Crippen molar-refractivity contribution in [2.45, 2.75) is 63.7 Å². The minimum absolute atomic E-state index is 0.0340. The number of rotatable bonds is 4. The van der Waals surface area contributed by atoms with Crippen LogP contribution in [0, 0.1) is 0 Å². The van der Waals surface area contributed by atoms with Crippen molar-refractivity contribution in [1.29, 1.82) is 0 Å². The molecule has 0 radical (unpaired) electrons. The zero-order valence-corrected chi connectivity index (χ0v) is 25.9. The van der Waals surface area contributed by atoms with Crippen LogP contribution in [0.2, 0.25) is 0 Å². The summed E-state index contributed by atoms with van der Waals surface area (Å²) in [5.41, 5.74) is 8.56. The Morgan fingerprint density at radius 1 is 0.881 bits per heavy atom. The molecular formula is C34H36N2O4S2. The highest BCUT2D eigenvalue weighted by Gasteiger charge is 2.42. The van der Waals surface area contributed by atoms with Gasteiger partial charge in [0.1, 0.15) is 0 Å². The number of phenolic OH excluding ortho intramolecular Hbond substituents is 2. The van der Waals surface area contributed by atoms with Gasteiger partial charge in [0.2, 0.25) is 0 Å². The molecule has 2 aromatic carbocycles. The van der Waals surface area contributed by atoms with Crippen molar-refractivity contribution in [3.63, 3.8) is 0 Å². The van der Waals surface area contributed by atoms with Crippen LogP contribution in [-0.2, 0) is 38.8 Å². The molecular weight excluding hydrogens is 565 g/mol. The first-order chi connectivity index (χ1) is 20.5. The number of methoxy groups -OCH3 is 2. The second kappa shape index (κ2) is 10.0. The normalized spacial score (nSPS) is 22.8. The minimum atomic E-state index is 0.0340. The van der Waals surface area contributed by atoms with Gasteiger partial charge in [0, 0.05) is 75.5 Å². The summed E-state index contributed by atoms with van der Waals surface area (Å²) in [6.45, 7) is 5.56. The smallest absolute Gasteiger partial charge is 0.165 e. The summed E-state index contributed by atoms with van der Waals surface area (Å²) < 4.78 is 11.7. The maximum atomic E-state index is 11.9. The van der Waals surface area contributed by atoms with Gasteiger partial charge in [-0.15, -0.1) is 22.7 Å². The van der Waals surface area contributed by atoms with Crippen LogP contribution in [0.5, 0.6) is 23.0 Å². The Morgan fingerprint density at radius 2 is 1.64 bits per heavy atom. The van der Waals surface area contributed by atoms with Gasteiger partial charge < -0.3 is 19.7 Å². The molecule has 4 aliphatic rings. The van der Waals surface area contributed by atoms with Gasteiger partial charge in [-0.2, -0.15) is 0 Å². The van der Waals surface area contributed by atoms with E-state index < -0.39 is 0 Å². The number of hydrogen-bond donors (Lipinski definition) is 2. The average Bonchev–Trinajstić information content (AvgIpc) is 3.67. The van der Waals surface area contributed by atoms with Gasteiger partial charge in [-0.1, -0.05) is 19.1 Å². The number of hydrogen-bond acceptors (Lipinski definition) is 8. The van der Waals surface area contributed by atoms with E-state index in [9.17, 15) is 10.2 Å². The van der Waals surface area contributed by atoms with Crippen molar-refractivity contribution in [2.75, 3.05) is 27.3 Å². The first-order valence-electron chi connectivity index (χ1n) is 14.9. The fourth-order valence-corrected chi connectivity index (χ4v) is 10.2. The highest BCUT2D eigenvalue weighted by Crippen LogP contribution is 2.53. The Labute approximate surface area is 254 Å². The number of aryl methyl sites for hydroxylation is 1. The minimum Gasteiger partial charge on any atom is -0.504 e. The Kier molecular flexibility index (Phi) is 6.34. The third kappa shape index (κ3) is 3.88. The Balaban J connectivity index is 1.24. The summed E-state index contributed by atoms with van der Waals surface area (Å²) in [5.74, 6) is 1.73. The summed E-state index contributed by atoms with van der Waals surface area (Å²) >= 11 is 3.79. The SMILES string of the molecule is CCc1cc2c(s1)C(c1cc3c(c(OC)c1O)CN1CCc4sccc4C1C3)CN1Cc3c(ccc(O)c3OC)CC21. The topological polar surface area (TPSA) is 65.4 Å². The summed E-state index contributed by atoms with van der Waals surface area (Å²) in [6, 6.07) is 11.5. The number of thiophene rings is 2. The predicted octanol–water partition coefficient (Wildman–Crippen LogP) is 6.70. The van der Waals surface area contributed by atoms with Crippen LogP contribution in [0.15, 0.2) is 35.7 Å². The lowest BCUT2D eigenvalue weighted by Gasteiger charge is -2.44. The van der Waals surface area contributed by atoms with Gasteiger partial charge >= 0.3 is 0 Å². The van der Waals surface area contributed by atoms with Gasteiger partial charge in [0.05, 0.1) is 14.2 Å². The lowest BCUT2D eigenvalue weighted by atomic mass is 9.79. The first kappa shape index (κ1) is 26.6. The van der Waals surface area contributed by atoms with E-state index in [1.54, 1.807) is 20.3 Å². The van der Waals surface area contributed by atoms with E-state index in [4.69, 9.17) is 9.47 Å². The Hall–Kier alpha value is -3.04. The number of nitrogens with zero attached hydrogens (tertiary/aromatic N) is 2. The van der Waals surface area contributed by atoms with Crippen molar-refractivity contribution in [2.24, 2.45) is 0 Å². The number of benzene rings is 2. The zero-order chi connectivity index (χ0) is 28.7. The van der Waals surface area contributed by atoms with E-state index >= 15 is 0 Å². The van der Waals surface area contributed by atoms with E-state index in [2.05, 4.69) is 46.4 Å². The largest absolute Gasteiger partial charge is 0.504 e. The van der Waals surface area contributed by atoms with Crippen LogP contribution in [0.25, 0.3) is 0 Å². The van der Waals surface area contributed by atoms with Crippen molar-refractivity contribution < 1.29 is 19.7 Å². The summed E-state index contributed by atoms with van der Waals surface area (Å²) in [7, 11) is 3.33. The molecule has 4 aromatic rings. The third-order valence-electron chi connectivity index (χ3n) is 10.1. The van der Waals surface area contributed by atoms with Crippen molar-refractivity contribution >= 4 is 22.7 Å². The fourth-order valence-electron chi connectivity index (χ4n) is 8.03. The molecule has 0 aliphatic carbocycles. The van der Waals surface area contributed by atoms with Crippen LogP contribution in [0.3, 0.4) is 0 Å². The zero-order valence-electron chi connectivity index (χ0n) is 24.3. The monoisotopic (exact) mass is 600 g/mol. The van der Waals surface area contributed by atoms with Crippen molar-refractivity contribution in [1.82, 2.24) is 9.80 Å². The molecule has 6 nitrogen and oxygen atoms in total. The van der Waals surface area contributed by atoms with Crippen LogP contribution in [0.4, 0.5) is 0 Å². The highest BCUT2D eigenvalue weighted by atomic mass is 32.1. The molecule has 0 saturated carbocycles. The predicted molar refractivity (Wildman–Crippen MR) is 167 cm³/mol. The second-order valence-electron chi connectivity index (χ2n) is 12.1. The summed E-state index contributed by atoms with van der Waals surface area (Å²) in [6.07, 6.45) is 3.90. The molecule has 0 spiro atoms. The Bertz CT molecular complexity index is 1710. The quantitative estimate of drug-likeness (QED) is 0.272. The molecule has 0 amide bonds.